The van der Waals surface area contributed by atoms with Gasteiger partial charge in [-0.3, -0.25) is 9.78 Å². The minimum Gasteiger partial charge on any atom is -0.435 e. The van der Waals surface area contributed by atoms with Crippen molar-refractivity contribution in [3.8, 4) is 16.9 Å². The summed E-state index contributed by atoms with van der Waals surface area (Å²) in [5.74, 6) is 0.127. The fourth-order valence-electron chi connectivity index (χ4n) is 2.00. The Morgan fingerprint density at radius 1 is 1.24 bits per heavy atom. The fourth-order valence-corrected chi connectivity index (χ4v) is 2.00. The van der Waals surface area contributed by atoms with Gasteiger partial charge in [0.2, 0.25) is 0 Å². The topological polar surface area (TPSA) is 55.7 Å². The van der Waals surface area contributed by atoms with Gasteiger partial charge in [0.05, 0.1) is 18.4 Å². The highest BCUT2D eigenvalue weighted by atomic mass is 19.3. The lowest BCUT2D eigenvalue weighted by atomic mass is 10.1. The largest absolute Gasteiger partial charge is 0.435 e. The molecule has 7 heteroatoms. The molecule has 108 valence electrons. The predicted molar refractivity (Wildman–Crippen MR) is 72.0 cm³/mol. The maximum Gasteiger partial charge on any atom is 0.387 e. The number of nitrogens with one attached hydrogen (secondary N) is 1. The first-order valence-electron chi connectivity index (χ1n) is 6.27. The van der Waals surface area contributed by atoms with Gasteiger partial charge < -0.3 is 4.74 Å². The molecule has 5 nitrogen and oxygen atoms in total. The van der Waals surface area contributed by atoms with Gasteiger partial charge in [-0.15, -0.1) is 0 Å². The van der Waals surface area contributed by atoms with Crippen LogP contribution < -0.4 is 4.74 Å². The zero-order valence-corrected chi connectivity index (χ0v) is 10.9. The molecule has 0 radical (unpaired) electrons. The minimum absolute atomic E-state index is 0.127. The Kier molecular flexibility index (Phi) is 3.63. The van der Waals surface area contributed by atoms with Gasteiger partial charge in [-0.2, -0.15) is 19.0 Å². The average molecular weight is 290 g/mol. The zero-order chi connectivity index (χ0) is 14.7. The van der Waals surface area contributed by atoms with Crippen LogP contribution in [0, 0.1) is 0 Å². The number of benzene rings is 1. The molecule has 3 rings (SSSR count). The van der Waals surface area contributed by atoms with Crippen molar-refractivity contribution in [3.63, 3.8) is 0 Å². The van der Waals surface area contributed by atoms with Crippen LogP contribution in [0.2, 0.25) is 0 Å². The van der Waals surface area contributed by atoms with Crippen molar-refractivity contribution in [1.82, 2.24) is 20.0 Å². The van der Waals surface area contributed by atoms with E-state index in [1.54, 1.807) is 29.2 Å². The maximum atomic E-state index is 12.2. The number of nitrogens with zero attached hydrogens (tertiary/aromatic N) is 3. The summed E-state index contributed by atoms with van der Waals surface area (Å²) in [7, 11) is 0. The van der Waals surface area contributed by atoms with Crippen LogP contribution in [-0.4, -0.2) is 26.6 Å². The summed E-state index contributed by atoms with van der Waals surface area (Å²) in [6.07, 6.45) is 5.25. The Labute approximate surface area is 119 Å². The Morgan fingerprint density at radius 2 is 2.14 bits per heavy atom. The van der Waals surface area contributed by atoms with Gasteiger partial charge in [0.1, 0.15) is 5.75 Å². The predicted octanol–water partition coefficient (Wildman–Crippen LogP) is 2.92. The summed E-state index contributed by atoms with van der Waals surface area (Å²) >= 11 is 0. The Morgan fingerprint density at radius 3 is 2.90 bits per heavy atom. The van der Waals surface area contributed by atoms with E-state index in [0.717, 1.165) is 16.8 Å². The Hall–Kier alpha value is -2.70. The molecule has 1 N–H and O–H groups in total. The first-order valence-corrected chi connectivity index (χ1v) is 6.27. The molecule has 1 aromatic carbocycles. The highest BCUT2D eigenvalue weighted by Crippen LogP contribution is 2.24. The highest BCUT2D eigenvalue weighted by molar-refractivity contribution is 5.63. The summed E-state index contributed by atoms with van der Waals surface area (Å²) in [4.78, 5) is 0. The fraction of sp³-hybridized carbons (Fsp3) is 0.143. The molecule has 21 heavy (non-hydrogen) atoms. The van der Waals surface area contributed by atoms with Crippen molar-refractivity contribution in [1.29, 1.82) is 0 Å². The Bertz CT molecular complexity index is 709. The number of alkyl halides is 2. The van der Waals surface area contributed by atoms with E-state index in [2.05, 4.69) is 20.0 Å². The van der Waals surface area contributed by atoms with Gasteiger partial charge in [-0.25, -0.2) is 0 Å². The van der Waals surface area contributed by atoms with Crippen molar-refractivity contribution in [2.75, 3.05) is 0 Å². The van der Waals surface area contributed by atoms with Crippen LogP contribution in [0.5, 0.6) is 5.75 Å². The highest BCUT2D eigenvalue weighted by Gasteiger charge is 2.07. The molecule has 0 unspecified atom stereocenters. The lowest BCUT2D eigenvalue weighted by molar-refractivity contribution is -0.0498. The van der Waals surface area contributed by atoms with Crippen molar-refractivity contribution in [2.24, 2.45) is 0 Å². The lowest BCUT2D eigenvalue weighted by Crippen LogP contribution is -2.01. The number of H-pyrrole nitrogens is 1. The summed E-state index contributed by atoms with van der Waals surface area (Å²) in [6.45, 7) is -2.29. The molecule has 0 saturated heterocycles. The van der Waals surface area contributed by atoms with Crippen LogP contribution >= 0.6 is 0 Å². The summed E-state index contributed by atoms with van der Waals surface area (Å²) in [5.41, 5.74) is 2.45. The number of aromatic amines is 1. The zero-order valence-electron chi connectivity index (χ0n) is 10.9. The molecule has 0 bridgehead atoms. The first kappa shape index (κ1) is 13.3. The van der Waals surface area contributed by atoms with E-state index in [1.165, 1.54) is 6.07 Å². The van der Waals surface area contributed by atoms with E-state index in [9.17, 15) is 8.78 Å². The standard InChI is InChI=1S/C14H12F2N4O/c15-14(16)21-13-3-1-2-10(6-13)11-7-18-20(8-11)9-12-4-5-17-19-12/h1-8,14H,9H2,(H,17,19). The molecule has 0 aliphatic heterocycles. The third-order valence-corrected chi connectivity index (χ3v) is 2.91. The minimum atomic E-state index is -2.83. The number of rotatable bonds is 5. The number of ether oxygens (including phenoxy) is 1. The van der Waals surface area contributed by atoms with Gasteiger partial charge in [-0.1, -0.05) is 12.1 Å². The third kappa shape index (κ3) is 3.25. The van der Waals surface area contributed by atoms with Gasteiger partial charge in [0.15, 0.2) is 0 Å². The summed E-state index contributed by atoms with van der Waals surface area (Å²) in [5, 5.41) is 11.0. The smallest absolute Gasteiger partial charge is 0.387 e. The summed E-state index contributed by atoms with van der Waals surface area (Å²) < 4.78 is 30.6. The molecule has 0 fully saturated rings. The van der Waals surface area contributed by atoms with Gasteiger partial charge in [0.25, 0.3) is 0 Å². The number of hydrogen-bond acceptors (Lipinski definition) is 3. The van der Waals surface area contributed by atoms with Crippen molar-refractivity contribution in [2.45, 2.75) is 13.2 Å². The quantitative estimate of drug-likeness (QED) is 0.786. The number of aromatic nitrogens is 4. The van der Waals surface area contributed by atoms with Gasteiger partial charge >= 0.3 is 6.61 Å². The molecule has 0 aliphatic carbocycles. The molecule has 0 amide bonds. The van der Waals surface area contributed by atoms with Crippen LogP contribution in [0.4, 0.5) is 8.78 Å². The molecule has 0 aliphatic rings. The van der Waals surface area contributed by atoms with Crippen LogP contribution in [0.15, 0.2) is 48.9 Å². The van der Waals surface area contributed by atoms with Crippen LogP contribution in [-0.2, 0) is 6.54 Å². The molecular formula is C14H12F2N4O. The van der Waals surface area contributed by atoms with Crippen LogP contribution in [0.1, 0.15) is 5.69 Å². The molecule has 3 aromatic rings. The van der Waals surface area contributed by atoms with E-state index in [1.807, 2.05) is 18.3 Å². The number of hydrogen-bond donors (Lipinski definition) is 1. The summed E-state index contributed by atoms with van der Waals surface area (Å²) in [6, 6.07) is 8.39. The monoisotopic (exact) mass is 290 g/mol. The average Bonchev–Trinajstić information content (AvgIpc) is 3.10. The molecule has 0 atom stereocenters. The van der Waals surface area contributed by atoms with E-state index in [0.29, 0.717) is 6.54 Å². The second-order valence-corrected chi connectivity index (χ2v) is 4.40. The van der Waals surface area contributed by atoms with E-state index in [4.69, 9.17) is 0 Å². The number of halogens is 2. The molecule has 0 saturated carbocycles. The lowest BCUT2D eigenvalue weighted by Gasteiger charge is -2.05. The molecule has 0 spiro atoms. The van der Waals surface area contributed by atoms with Crippen molar-refractivity contribution in [3.05, 3.63) is 54.6 Å². The molecule has 2 aromatic heterocycles. The first-order chi connectivity index (χ1) is 10.2. The van der Waals surface area contributed by atoms with Crippen molar-refractivity contribution >= 4 is 0 Å². The van der Waals surface area contributed by atoms with Crippen LogP contribution in [0.3, 0.4) is 0 Å². The molecular weight excluding hydrogens is 278 g/mol. The van der Waals surface area contributed by atoms with E-state index >= 15 is 0 Å². The third-order valence-electron chi connectivity index (χ3n) is 2.91. The SMILES string of the molecule is FC(F)Oc1cccc(-c2cnn(Cc3cc[nH]n3)c2)c1. The van der Waals surface area contributed by atoms with Gasteiger partial charge in [0, 0.05) is 18.0 Å². The van der Waals surface area contributed by atoms with Crippen molar-refractivity contribution < 1.29 is 13.5 Å². The van der Waals surface area contributed by atoms with E-state index in [-0.39, 0.29) is 5.75 Å². The normalized spacial score (nSPS) is 11.0. The van der Waals surface area contributed by atoms with Gasteiger partial charge in [-0.05, 0) is 23.8 Å². The van der Waals surface area contributed by atoms with E-state index < -0.39 is 6.61 Å². The maximum absolute atomic E-state index is 12.2. The Balaban J connectivity index is 1.79. The van der Waals surface area contributed by atoms with Crippen LogP contribution in [0.25, 0.3) is 11.1 Å². The second kappa shape index (κ2) is 5.74. The second-order valence-electron chi connectivity index (χ2n) is 4.40. The molecule has 2 heterocycles.